The molecule has 0 fully saturated rings. The van der Waals surface area contributed by atoms with E-state index in [0.29, 0.717) is 19.4 Å². The first-order valence-corrected chi connectivity index (χ1v) is 31.4. The highest BCUT2D eigenvalue weighted by Gasteiger charge is 2.18. The van der Waals surface area contributed by atoms with E-state index in [1.54, 1.807) is 6.08 Å². The molecule has 0 spiro atoms. The van der Waals surface area contributed by atoms with Crippen molar-refractivity contribution in [2.75, 3.05) is 13.2 Å². The van der Waals surface area contributed by atoms with E-state index in [4.69, 9.17) is 4.74 Å². The number of unbranched alkanes of at least 4 members (excludes halogenated alkanes) is 41. The summed E-state index contributed by atoms with van der Waals surface area (Å²) in [6.45, 7) is 4.89. The minimum atomic E-state index is -0.851. The van der Waals surface area contributed by atoms with E-state index in [1.807, 2.05) is 6.08 Å². The van der Waals surface area contributed by atoms with Crippen molar-refractivity contribution in [3.63, 3.8) is 0 Å². The normalized spacial score (nSPS) is 12.9. The molecule has 2 unspecified atom stereocenters. The van der Waals surface area contributed by atoms with Crippen LogP contribution >= 0.6 is 0 Å². The average molecular weight is 997 g/mol. The van der Waals surface area contributed by atoms with Gasteiger partial charge in [0.2, 0.25) is 5.91 Å². The molecule has 0 radical (unpaired) electrons. The molecule has 416 valence electrons. The molecule has 1 amide bonds. The number of allylic oxidation sites excluding steroid dienone is 7. The molecular formula is C65H121NO5. The largest absolute Gasteiger partial charge is 0.466 e. The van der Waals surface area contributed by atoms with E-state index in [1.165, 1.54) is 238 Å². The molecule has 71 heavy (non-hydrogen) atoms. The Morgan fingerprint density at radius 1 is 0.394 bits per heavy atom. The molecule has 0 aliphatic rings. The van der Waals surface area contributed by atoms with Crippen molar-refractivity contribution in [1.29, 1.82) is 0 Å². The number of hydrogen-bond donors (Lipinski definition) is 3. The van der Waals surface area contributed by atoms with Crippen LogP contribution in [0.5, 0.6) is 0 Å². The van der Waals surface area contributed by atoms with Crippen molar-refractivity contribution < 1.29 is 24.5 Å². The SMILES string of the molecule is CCCCCCCC/C=C\CCCCCCCCCC(=O)OCCCCCCCCCCC/C=C\C/C=C\CCCCCCCCCC(=O)NC(CO)C(O)/C=C/CCCCCCCCCCCCCC. The van der Waals surface area contributed by atoms with Crippen LogP contribution in [0.3, 0.4) is 0 Å². The van der Waals surface area contributed by atoms with Crippen molar-refractivity contribution in [2.24, 2.45) is 0 Å². The number of ether oxygens (including phenoxy) is 1. The van der Waals surface area contributed by atoms with Gasteiger partial charge in [-0.2, -0.15) is 0 Å². The van der Waals surface area contributed by atoms with Crippen LogP contribution in [0.15, 0.2) is 48.6 Å². The number of aliphatic hydroxyl groups excluding tert-OH is 2. The summed E-state index contributed by atoms with van der Waals surface area (Å²) in [7, 11) is 0. The minimum absolute atomic E-state index is 0.00292. The molecule has 0 saturated heterocycles. The van der Waals surface area contributed by atoms with E-state index in [-0.39, 0.29) is 18.5 Å². The Hall–Kier alpha value is -2.18. The predicted octanol–water partition coefficient (Wildman–Crippen LogP) is 19.7. The van der Waals surface area contributed by atoms with Gasteiger partial charge in [-0.25, -0.2) is 0 Å². The molecule has 0 aliphatic heterocycles. The van der Waals surface area contributed by atoms with Crippen LogP contribution in [0.2, 0.25) is 0 Å². The number of hydrogen-bond acceptors (Lipinski definition) is 5. The van der Waals surface area contributed by atoms with Crippen molar-refractivity contribution in [3.8, 4) is 0 Å². The average Bonchev–Trinajstić information content (AvgIpc) is 3.37. The minimum Gasteiger partial charge on any atom is -0.466 e. The first-order valence-electron chi connectivity index (χ1n) is 31.4. The smallest absolute Gasteiger partial charge is 0.305 e. The van der Waals surface area contributed by atoms with Crippen molar-refractivity contribution >= 4 is 11.9 Å². The fourth-order valence-electron chi connectivity index (χ4n) is 9.48. The third kappa shape index (κ3) is 57.0. The molecule has 3 N–H and O–H groups in total. The lowest BCUT2D eigenvalue weighted by Gasteiger charge is -2.20. The van der Waals surface area contributed by atoms with Crippen LogP contribution in [-0.2, 0) is 14.3 Å². The topological polar surface area (TPSA) is 95.9 Å². The molecule has 6 heteroatoms. The third-order valence-electron chi connectivity index (χ3n) is 14.3. The van der Waals surface area contributed by atoms with Crippen LogP contribution in [0.4, 0.5) is 0 Å². The van der Waals surface area contributed by atoms with Gasteiger partial charge in [-0.15, -0.1) is 0 Å². The van der Waals surface area contributed by atoms with Crippen LogP contribution < -0.4 is 5.32 Å². The number of amides is 1. The highest BCUT2D eigenvalue weighted by atomic mass is 16.5. The van der Waals surface area contributed by atoms with Gasteiger partial charge in [-0.1, -0.05) is 274 Å². The molecule has 0 aromatic heterocycles. The molecule has 0 saturated carbocycles. The van der Waals surface area contributed by atoms with Gasteiger partial charge >= 0.3 is 5.97 Å². The maximum absolute atomic E-state index is 12.5. The van der Waals surface area contributed by atoms with Crippen molar-refractivity contribution in [1.82, 2.24) is 5.32 Å². The Kier molecular flexibility index (Phi) is 58.5. The number of carbonyl (C=O) groups is 2. The maximum atomic E-state index is 12.5. The molecule has 0 rings (SSSR count). The Labute approximate surface area is 442 Å². The number of nitrogens with one attached hydrogen (secondary N) is 1. The summed E-state index contributed by atoms with van der Waals surface area (Å²) in [5.74, 6) is -0.0754. The van der Waals surface area contributed by atoms with E-state index in [0.717, 1.165) is 64.2 Å². The molecule has 0 heterocycles. The van der Waals surface area contributed by atoms with Gasteiger partial charge in [-0.05, 0) is 89.9 Å². The summed E-state index contributed by atoms with van der Waals surface area (Å²) in [5, 5.41) is 23.1. The second-order valence-electron chi connectivity index (χ2n) is 21.4. The lowest BCUT2D eigenvalue weighted by molar-refractivity contribution is -0.143. The monoisotopic (exact) mass is 996 g/mol. The van der Waals surface area contributed by atoms with Crippen LogP contribution in [0.25, 0.3) is 0 Å². The first-order chi connectivity index (χ1) is 35.0. The molecule has 0 bridgehead atoms. The zero-order chi connectivity index (χ0) is 51.4. The second kappa shape index (κ2) is 60.4. The summed E-state index contributed by atoms with van der Waals surface area (Å²) in [4.78, 5) is 24.5. The molecule has 0 aromatic rings. The zero-order valence-corrected chi connectivity index (χ0v) is 47.5. The van der Waals surface area contributed by atoms with Crippen LogP contribution in [0, 0.1) is 0 Å². The third-order valence-corrected chi connectivity index (χ3v) is 14.3. The summed E-state index contributed by atoms with van der Waals surface area (Å²) in [6.07, 6.45) is 77.2. The predicted molar refractivity (Wildman–Crippen MR) is 310 cm³/mol. The fourth-order valence-corrected chi connectivity index (χ4v) is 9.48. The van der Waals surface area contributed by atoms with Gasteiger partial charge in [0.15, 0.2) is 0 Å². The molecular weight excluding hydrogens is 875 g/mol. The lowest BCUT2D eigenvalue weighted by Crippen LogP contribution is -2.45. The molecule has 2 atom stereocenters. The van der Waals surface area contributed by atoms with Gasteiger partial charge < -0.3 is 20.3 Å². The molecule has 6 nitrogen and oxygen atoms in total. The van der Waals surface area contributed by atoms with E-state index in [9.17, 15) is 19.8 Å². The standard InChI is InChI=1S/C65H121NO5/c1-3-5-7-9-11-13-15-17-19-27-31-35-39-43-47-51-55-59-65(70)71-60-56-52-48-44-40-36-32-29-26-24-22-20-21-23-25-28-30-34-38-42-46-50-54-58-64(69)66-62(61-67)63(68)57-53-49-45-41-37-33-18-16-14-12-10-8-6-4-2/h17,19-20,22-23,25,53,57,62-63,67-68H,3-16,18,21,24,26-52,54-56,58-61H2,1-2H3,(H,66,69)/b19-17-,22-20-,25-23-,57-53+. The van der Waals surface area contributed by atoms with Gasteiger partial charge in [0.1, 0.15) is 0 Å². The quantitative estimate of drug-likeness (QED) is 0.0321. The summed E-state index contributed by atoms with van der Waals surface area (Å²) < 4.78 is 5.49. The molecule has 0 aromatic carbocycles. The Morgan fingerprint density at radius 3 is 1.08 bits per heavy atom. The highest BCUT2D eigenvalue weighted by molar-refractivity contribution is 5.76. The summed E-state index contributed by atoms with van der Waals surface area (Å²) >= 11 is 0. The summed E-state index contributed by atoms with van der Waals surface area (Å²) in [6, 6.07) is -0.636. The fraction of sp³-hybridized carbons (Fsp3) is 0.846. The number of carbonyl (C=O) groups excluding carboxylic acids is 2. The Morgan fingerprint density at radius 2 is 0.704 bits per heavy atom. The Balaban J connectivity index is 3.46. The van der Waals surface area contributed by atoms with E-state index < -0.39 is 12.1 Å². The lowest BCUT2D eigenvalue weighted by atomic mass is 10.0. The number of aliphatic hydroxyl groups is 2. The first kappa shape index (κ1) is 68.8. The van der Waals surface area contributed by atoms with Crippen molar-refractivity contribution in [2.45, 2.75) is 341 Å². The van der Waals surface area contributed by atoms with Gasteiger partial charge in [0.25, 0.3) is 0 Å². The number of rotatable bonds is 58. The van der Waals surface area contributed by atoms with Crippen LogP contribution in [0.1, 0.15) is 328 Å². The van der Waals surface area contributed by atoms with Gasteiger partial charge in [0.05, 0.1) is 25.4 Å². The summed E-state index contributed by atoms with van der Waals surface area (Å²) in [5.41, 5.74) is 0. The van der Waals surface area contributed by atoms with Gasteiger partial charge in [-0.3, -0.25) is 9.59 Å². The highest BCUT2D eigenvalue weighted by Crippen LogP contribution is 2.16. The van der Waals surface area contributed by atoms with Gasteiger partial charge in [0, 0.05) is 12.8 Å². The van der Waals surface area contributed by atoms with E-state index in [2.05, 4.69) is 55.6 Å². The second-order valence-corrected chi connectivity index (χ2v) is 21.4. The molecule has 0 aliphatic carbocycles. The van der Waals surface area contributed by atoms with E-state index >= 15 is 0 Å². The zero-order valence-electron chi connectivity index (χ0n) is 47.5. The van der Waals surface area contributed by atoms with Crippen molar-refractivity contribution in [3.05, 3.63) is 48.6 Å². The maximum Gasteiger partial charge on any atom is 0.305 e. The van der Waals surface area contributed by atoms with Crippen LogP contribution in [-0.4, -0.2) is 47.4 Å². The number of esters is 1. The Bertz CT molecular complexity index is 1190.